The number of rotatable bonds is 5. The molecule has 2 aliphatic heterocycles. The number of fused-ring (bicyclic) bond motifs is 1. The van der Waals surface area contributed by atoms with Crippen molar-refractivity contribution in [1.29, 1.82) is 0 Å². The maximum absolute atomic E-state index is 10.6. The van der Waals surface area contributed by atoms with Gasteiger partial charge < -0.3 is 19.3 Å². The third-order valence-corrected chi connectivity index (χ3v) is 7.48. The third-order valence-electron chi connectivity index (χ3n) is 6.76. The lowest BCUT2D eigenvalue weighted by Crippen LogP contribution is -2.47. The fourth-order valence-corrected chi connectivity index (χ4v) is 5.08. The molecule has 0 radical (unpaired) electrons. The first-order valence-electron chi connectivity index (χ1n) is 10.7. The normalized spacial score (nSPS) is 24.9. The van der Waals surface area contributed by atoms with Gasteiger partial charge in [0.2, 0.25) is 5.95 Å². The van der Waals surface area contributed by atoms with Crippen molar-refractivity contribution in [2.45, 2.75) is 56.8 Å². The minimum atomic E-state index is -0.466. The lowest BCUT2D eigenvalue weighted by Gasteiger charge is -2.38. The summed E-state index contributed by atoms with van der Waals surface area (Å²) in [5.74, 6) is 1.28. The summed E-state index contributed by atoms with van der Waals surface area (Å²) in [5.41, 5.74) is 1.98. The molecule has 0 amide bonds. The van der Waals surface area contributed by atoms with Crippen LogP contribution in [0.5, 0.6) is 0 Å². The Balaban J connectivity index is 1.33. The second-order valence-corrected chi connectivity index (χ2v) is 9.43. The molecule has 158 valence electrons. The van der Waals surface area contributed by atoms with Gasteiger partial charge in [-0.25, -0.2) is 4.98 Å². The van der Waals surface area contributed by atoms with E-state index in [0.29, 0.717) is 22.7 Å². The van der Waals surface area contributed by atoms with Gasteiger partial charge in [0.15, 0.2) is 0 Å². The summed E-state index contributed by atoms with van der Waals surface area (Å²) in [4.78, 5) is 7.31. The number of ether oxygens (including phenoxy) is 1. The lowest BCUT2D eigenvalue weighted by atomic mass is 9.92. The highest BCUT2D eigenvalue weighted by Crippen LogP contribution is 2.40. The van der Waals surface area contributed by atoms with Crippen LogP contribution in [-0.4, -0.2) is 53.2 Å². The molecule has 2 unspecified atom stereocenters. The Morgan fingerprint density at radius 3 is 2.52 bits per heavy atom. The summed E-state index contributed by atoms with van der Waals surface area (Å²) in [7, 11) is 0. The maximum atomic E-state index is 10.6. The first-order chi connectivity index (χ1) is 14.1. The molecule has 1 aliphatic carbocycles. The SMILES string of the molecule is OC(NC1CCOC1)C1CCN(c2nc3cc(Cl)c(Cl)cc3n2C2CCC2)CC1. The number of halogens is 2. The zero-order valence-corrected chi connectivity index (χ0v) is 18.0. The van der Waals surface area contributed by atoms with E-state index in [1.54, 1.807) is 0 Å². The molecule has 1 aromatic carbocycles. The smallest absolute Gasteiger partial charge is 0.206 e. The van der Waals surface area contributed by atoms with Gasteiger partial charge in [-0.05, 0) is 50.7 Å². The van der Waals surface area contributed by atoms with E-state index >= 15 is 0 Å². The number of aromatic nitrogens is 2. The minimum Gasteiger partial charge on any atom is -0.380 e. The molecular formula is C21H28Cl2N4O2. The summed E-state index contributed by atoms with van der Waals surface area (Å²) in [5, 5.41) is 15.1. The summed E-state index contributed by atoms with van der Waals surface area (Å²) in [6, 6.07) is 4.60. The summed E-state index contributed by atoms with van der Waals surface area (Å²) < 4.78 is 7.77. The molecule has 6 nitrogen and oxygen atoms in total. The molecule has 2 N–H and O–H groups in total. The first kappa shape index (κ1) is 19.9. The molecule has 8 heteroatoms. The fraction of sp³-hybridized carbons (Fsp3) is 0.667. The molecule has 0 bridgehead atoms. The number of nitrogens with zero attached hydrogens (tertiary/aromatic N) is 3. The van der Waals surface area contributed by atoms with Crippen LogP contribution in [0, 0.1) is 5.92 Å². The topological polar surface area (TPSA) is 62.5 Å². The van der Waals surface area contributed by atoms with Crippen LogP contribution in [-0.2, 0) is 4.74 Å². The van der Waals surface area contributed by atoms with Gasteiger partial charge in [0.1, 0.15) is 6.23 Å². The van der Waals surface area contributed by atoms with Crippen molar-refractivity contribution < 1.29 is 9.84 Å². The molecule has 1 aromatic heterocycles. The van der Waals surface area contributed by atoms with Crippen LogP contribution in [0.25, 0.3) is 11.0 Å². The second-order valence-electron chi connectivity index (χ2n) is 8.62. The summed E-state index contributed by atoms with van der Waals surface area (Å²) in [6.45, 7) is 3.27. The molecule has 1 saturated carbocycles. The van der Waals surface area contributed by atoms with Crippen LogP contribution in [0.15, 0.2) is 12.1 Å². The molecular weight excluding hydrogens is 411 g/mol. The van der Waals surface area contributed by atoms with Crippen molar-refractivity contribution in [3.63, 3.8) is 0 Å². The summed E-state index contributed by atoms with van der Waals surface area (Å²) >= 11 is 12.6. The average molecular weight is 439 g/mol. The Bertz CT molecular complexity index is 871. The van der Waals surface area contributed by atoms with E-state index in [1.165, 1.54) is 19.3 Å². The standard InChI is InChI=1S/C21H28Cl2N4O2/c22-16-10-18-19(11-17(16)23)27(15-2-1-3-15)21(25-18)26-7-4-13(5-8-26)20(28)24-14-6-9-29-12-14/h10-11,13-15,20,24,28H,1-9,12H2. The highest BCUT2D eigenvalue weighted by molar-refractivity contribution is 6.42. The number of nitrogens with one attached hydrogen (secondary N) is 1. The van der Waals surface area contributed by atoms with Crippen molar-refractivity contribution >= 4 is 40.2 Å². The van der Waals surface area contributed by atoms with Crippen LogP contribution in [0.4, 0.5) is 5.95 Å². The van der Waals surface area contributed by atoms with Crippen molar-refractivity contribution in [2.75, 3.05) is 31.2 Å². The van der Waals surface area contributed by atoms with E-state index in [-0.39, 0.29) is 12.0 Å². The van der Waals surface area contributed by atoms with Gasteiger partial charge in [0.05, 0.1) is 27.7 Å². The van der Waals surface area contributed by atoms with Gasteiger partial charge in [-0.3, -0.25) is 5.32 Å². The summed E-state index contributed by atoms with van der Waals surface area (Å²) in [6.07, 6.45) is 6.02. The van der Waals surface area contributed by atoms with E-state index in [0.717, 1.165) is 55.9 Å². The number of aliphatic hydroxyl groups is 1. The van der Waals surface area contributed by atoms with Crippen molar-refractivity contribution in [3.8, 4) is 0 Å². The zero-order chi connectivity index (χ0) is 20.0. The Morgan fingerprint density at radius 2 is 1.86 bits per heavy atom. The van der Waals surface area contributed by atoms with Gasteiger partial charge in [-0.1, -0.05) is 23.2 Å². The Hall–Kier alpha value is -1.05. The van der Waals surface area contributed by atoms with E-state index in [2.05, 4.69) is 14.8 Å². The van der Waals surface area contributed by atoms with E-state index in [4.69, 9.17) is 32.9 Å². The third kappa shape index (κ3) is 3.86. The molecule has 0 spiro atoms. The highest BCUT2D eigenvalue weighted by Gasteiger charge is 2.32. The highest BCUT2D eigenvalue weighted by atomic mass is 35.5. The Morgan fingerprint density at radius 1 is 1.10 bits per heavy atom. The quantitative estimate of drug-likeness (QED) is 0.691. The van der Waals surface area contributed by atoms with Crippen molar-refractivity contribution in [1.82, 2.24) is 14.9 Å². The van der Waals surface area contributed by atoms with Crippen molar-refractivity contribution in [2.24, 2.45) is 5.92 Å². The number of aliphatic hydroxyl groups excluding tert-OH is 1. The van der Waals surface area contributed by atoms with Gasteiger partial charge in [0, 0.05) is 37.7 Å². The van der Waals surface area contributed by atoms with Gasteiger partial charge in [-0.2, -0.15) is 0 Å². The number of anilines is 1. The number of benzene rings is 1. The molecule has 5 rings (SSSR count). The van der Waals surface area contributed by atoms with Crippen molar-refractivity contribution in [3.05, 3.63) is 22.2 Å². The lowest BCUT2D eigenvalue weighted by molar-refractivity contribution is 0.0483. The molecule has 2 atom stereocenters. The predicted octanol–water partition coefficient (Wildman–Crippen LogP) is 3.98. The molecule has 3 heterocycles. The molecule has 29 heavy (non-hydrogen) atoms. The van der Waals surface area contributed by atoms with Crippen LogP contribution in [0.2, 0.25) is 10.0 Å². The van der Waals surface area contributed by atoms with Gasteiger partial charge in [0.25, 0.3) is 0 Å². The number of hydrogen-bond donors (Lipinski definition) is 2. The van der Waals surface area contributed by atoms with Gasteiger partial charge in [-0.15, -0.1) is 0 Å². The Kier molecular flexibility index (Phi) is 5.65. The number of imidazole rings is 1. The second kappa shape index (κ2) is 8.23. The first-order valence-corrected chi connectivity index (χ1v) is 11.5. The largest absolute Gasteiger partial charge is 0.380 e. The average Bonchev–Trinajstić information content (AvgIpc) is 3.30. The minimum absolute atomic E-state index is 0.261. The fourth-order valence-electron chi connectivity index (χ4n) is 4.76. The van der Waals surface area contributed by atoms with Gasteiger partial charge >= 0.3 is 0 Å². The van der Waals surface area contributed by atoms with Crippen LogP contribution >= 0.6 is 23.2 Å². The predicted molar refractivity (Wildman–Crippen MR) is 116 cm³/mol. The van der Waals surface area contributed by atoms with E-state index in [1.807, 2.05) is 12.1 Å². The number of hydrogen-bond acceptors (Lipinski definition) is 5. The van der Waals surface area contributed by atoms with Crippen LogP contribution < -0.4 is 10.2 Å². The molecule has 3 aliphatic rings. The monoisotopic (exact) mass is 438 g/mol. The maximum Gasteiger partial charge on any atom is 0.206 e. The van der Waals surface area contributed by atoms with Crippen LogP contribution in [0.1, 0.15) is 44.6 Å². The molecule has 2 saturated heterocycles. The van der Waals surface area contributed by atoms with E-state index in [9.17, 15) is 5.11 Å². The molecule has 2 aromatic rings. The Labute approximate surface area is 181 Å². The van der Waals surface area contributed by atoms with E-state index < -0.39 is 6.23 Å². The molecule has 3 fully saturated rings. The number of piperidine rings is 1. The zero-order valence-electron chi connectivity index (χ0n) is 16.5. The van der Waals surface area contributed by atoms with Crippen LogP contribution in [0.3, 0.4) is 0 Å².